The van der Waals surface area contributed by atoms with Gasteiger partial charge >= 0.3 is 5.97 Å². The summed E-state index contributed by atoms with van der Waals surface area (Å²) in [5.74, 6) is -0.0199. The van der Waals surface area contributed by atoms with E-state index in [9.17, 15) is 4.79 Å². The molecule has 1 fully saturated rings. The summed E-state index contributed by atoms with van der Waals surface area (Å²) in [6.45, 7) is 8.43. The van der Waals surface area contributed by atoms with Crippen LogP contribution in [0.4, 0.5) is 0 Å². The lowest BCUT2D eigenvalue weighted by molar-refractivity contribution is -0.176. The molecule has 4 heteroatoms. The fourth-order valence-corrected chi connectivity index (χ4v) is 1.65. The summed E-state index contributed by atoms with van der Waals surface area (Å²) in [6.07, 6.45) is 0.651. The van der Waals surface area contributed by atoms with Crippen LogP contribution in [-0.4, -0.2) is 30.3 Å². The van der Waals surface area contributed by atoms with Crippen molar-refractivity contribution in [1.82, 2.24) is 0 Å². The minimum absolute atomic E-state index is 0.266. The average Bonchev–Trinajstić information content (AvgIpc) is 2.46. The first-order valence-corrected chi connectivity index (χ1v) is 5.34. The maximum Gasteiger partial charge on any atom is 0.338 e. The van der Waals surface area contributed by atoms with E-state index >= 15 is 0 Å². The van der Waals surface area contributed by atoms with Crippen molar-refractivity contribution >= 4 is 5.97 Å². The van der Waals surface area contributed by atoms with Gasteiger partial charge in [0.2, 0.25) is 0 Å². The van der Waals surface area contributed by atoms with E-state index in [1.54, 1.807) is 6.92 Å². The van der Waals surface area contributed by atoms with Gasteiger partial charge < -0.3 is 15.2 Å². The molecule has 0 spiro atoms. The molecule has 4 nitrogen and oxygen atoms in total. The van der Waals surface area contributed by atoms with Crippen molar-refractivity contribution in [2.45, 2.75) is 45.3 Å². The van der Waals surface area contributed by atoms with E-state index in [1.165, 1.54) is 0 Å². The van der Waals surface area contributed by atoms with Crippen LogP contribution in [0.25, 0.3) is 0 Å². The van der Waals surface area contributed by atoms with Gasteiger partial charge in [-0.1, -0.05) is 0 Å². The van der Waals surface area contributed by atoms with E-state index in [1.807, 2.05) is 20.8 Å². The maximum atomic E-state index is 11.9. The third-order valence-corrected chi connectivity index (χ3v) is 2.48. The second-order valence-electron chi connectivity index (χ2n) is 5.35. The van der Waals surface area contributed by atoms with Gasteiger partial charge in [0.15, 0.2) is 5.60 Å². The molecular formula is C11H21NO3. The number of carbonyl (C=O) groups is 1. The summed E-state index contributed by atoms with van der Waals surface area (Å²) in [4.78, 5) is 11.9. The Labute approximate surface area is 91.1 Å². The molecule has 0 radical (unpaired) electrons. The van der Waals surface area contributed by atoms with Crippen molar-refractivity contribution in [1.29, 1.82) is 0 Å². The molecule has 1 saturated heterocycles. The number of esters is 1. The molecule has 1 aliphatic rings. The second kappa shape index (κ2) is 4.10. The van der Waals surface area contributed by atoms with Gasteiger partial charge in [0.25, 0.3) is 0 Å². The third-order valence-electron chi connectivity index (χ3n) is 2.48. The fraction of sp³-hybridized carbons (Fsp3) is 0.909. The standard InChI is InChI=1S/C11H21NO3/c1-10(2,3)15-9(13)11(4)5-8(6-12)7-14-11/h8H,5-7,12H2,1-4H3. The molecule has 1 aliphatic heterocycles. The van der Waals surface area contributed by atoms with Crippen LogP contribution >= 0.6 is 0 Å². The molecule has 2 unspecified atom stereocenters. The topological polar surface area (TPSA) is 61.5 Å². The van der Waals surface area contributed by atoms with Crippen molar-refractivity contribution in [2.24, 2.45) is 11.7 Å². The fourth-order valence-electron chi connectivity index (χ4n) is 1.65. The molecule has 88 valence electrons. The van der Waals surface area contributed by atoms with E-state index < -0.39 is 11.2 Å². The molecule has 0 amide bonds. The van der Waals surface area contributed by atoms with Crippen molar-refractivity contribution in [3.63, 3.8) is 0 Å². The van der Waals surface area contributed by atoms with Crippen LogP contribution in [0.2, 0.25) is 0 Å². The van der Waals surface area contributed by atoms with E-state index in [0.717, 1.165) is 0 Å². The Bertz CT molecular complexity index is 247. The highest BCUT2D eigenvalue weighted by Gasteiger charge is 2.44. The lowest BCUT2D eigenvalue weighted by Crippen LogP contribution is -2.40. The molecule has 1 rings (SSSR count). The molecule has 0 bridgehead atoms. The zero-order chi connectivity index (χ0) is 11.7. The summed E-state index contributed by atoms with van der Waals surface area (Å²) in [5.41, 5.74) is 4.27. The molecule has 0 aromatic heterocycles. The zero-order valence-electron chi connectivity index (χ0n) is 10.0. The SMILES string of the molecule is CC(C)(C)OC(=O)C1(C)CC(CN)CO1. The first kappa shape index (κ1) is 12.5. The highest BCUT2D eigenvalue weighted by Crippen LogP contribution is 2.31. The summed E-state index contributed by atoms with van der Waals surface area (Å²) in [7, 11) is 0. The molecule has 15 heavy (non-hydrogen) atoms. The zero-order valence-corrected chi connectivity index (χ0v) is 10.0. The van der Waals surface area contributed by atoms with Gasteiger partial charge in [-0.05, 0) is 46.6 Å². The van der Waals surface area contributed by atoms with Gasteiger partial charge in [-0.25, -0.2) is 4.79 Å². The first-order chi connectivity index (χ1) is 6.77. The normalized spacial score (nSPS) is 31.7. The van der Waals surface area contributed by atoms with Gasteiger partial charge in [-0.3, -0.25) is 0 Å². The second-order valence-corrected chi connectivity index (χ2v) is 5.35. The number of carbonyl (C=O) groups excluding carboxylic acids is 1. The molecule has 1 heterocycles. The Hall–Kier alpha value is -0.610. The van der Waals surface area contributed by atoms with Crippen LogP contribution in [0.5, 0.6) is 0 Å². The van der Waals surface area contributed by atoms with Gasteiger partial charge in [0.1, 0.15) is 5.60 Å². The average molecular weight is 215 g/mol. The molecule has 0 saturated carbocycles. The van der Waals surface area contributed by atoms with Crippen molar-refractivity contribution in [3.05, 3.63) is 0 Å². The Morgan fingerprint density at radius 2 is 2.20 bits per heavy atom. The van der Waals surface area contributed by atoms with Crippen LogP contribution in [0.1, 0.15) is 34.1 Å². The predicted molar refractivity (Wildman–Crippen MR) is 57.4 cm³/mol. The number of hydrogen-bond acceptors (Lipinski definition) is 4. The first-order valence-electron chi connectivity index (χ1n) is 5.34. The van der Waals surface area contributed by atoms with Crippen LogP contribution in [0, 0.1) is 5.92 Å². The lowest BCUT2D eigenvalue weighted by atomic mass is 9.96. The monoisotopic (exact) mass is 215 g/mol. The van der Waals surface area contributed by atoms with Gasteiger partial charge in [-0.2, -0.15) is 0 Å². The summed E-state index contributed by atoms with van der Waals surface area (Å²) >= 11 is 0. The molecule has 0 aromatic carbocycles. The quantitative estimate of drug-likeness (QED) is 0.700. The minimum Gasteiger partial charge on any atom is -0.458 e. The van der Waals surface area contributed by atoms with Crippen molar-refractivity contribution < 1.29 is 14.3 Å². The maximum absolute atomic E-state index is 11.9. The molecule has 0 aliphatic carbocycles. The molecule has 2 atom stereocenters. The van der Waals surface area contributed by atoms with Gasteiger partial charge in [-0.15, -0.1) is 0 Å². The largest absolute Gasteiger partial charge is 0.458 e. The third kappa shape index (κ3) is 3.18. The Morgan fingerprint density at radius 3 is 2.60 bits per heavy atom. The van der Waals surface area contributed by atoms with Crippen molar-refractivity contribution in [2.75, 3.05) is 13.2 Å². The van der Waals surface area contributed by atoms with Gasteiger partial charge in [0, 0.05) is 0 Å². The van der Waals surface area contributed by atoms with Crippen LogP contribution in [-0.2, 0) is 14.3 Å². The lowest BCUT2D eigenvalue weighted by Gasteiger charge is -2.27. The van der Waals surface area contributed by atoms with Crippen LogP contribution in [0.15, 0.2) is 0 Å². The minimum atomic E-state index is -0.808. The van der Waals surface area contributed by atoms with E-state index in [2.05, 4.69) is 0 Å². The Morgan fingerprint density at radius 1 is 1.60 bits per heavy atom. The highest BCUT2D eigenvalue weighted by molar-refractivity contribution is 5.79. The number of ether oxygens (including phenoxy) is 2. The Balaban J connectivity index is 2.60. The van der Waals surface area contributed by atoms with Crippen molar-refractivity contribution in [3.8, 4) is 0 Å². The predicted octanol–water partition coefficient (Wildman–Crippen LogP) is 1.08. The number of rotatable bonds is 2. The molecular weight excluding hydrogens is 194 g/mol. The molecule has 2 N–H and O–H groups in total. The van der Waals surface area contributed by atoms with E-state index in [0.29, 0.717) is 19.6 Å². The van der Waals surface area contributed by atoms with Crippen LogP contribution in [0.3, 0.4) is 0 Å². The number of nitrogens with two attached hydrogens (primary N) is 1. The Kier molecular flexibility index (Phi) is 3.41. The van der Waals surface area contributed by atoms with Crippen LogP contribution < -0.4 is 5.73 Å². The van der Waals surface area contributed by atoms with E-state index in [4.69, 9.17) is 15.2 Å². The summed E-state index contributed by atoms with van der Waals surface area (Å²) in [6, 6.07) is 0. The number of hydrogen-bond donors (Lipinski definition) is 1. The summed E-state index contributed by atoms with van der Waals surface area (Å²) < 4.78 is 10.8. The smallest absolute Gasteiger partial charge is 0.338 e. The molecule has 0 aromatic rings. The highest BCUT2D eigenvalue weighted by atomic mass is 16.6. The summed E-state index contributed by atoms with van der Waals surface area (Å²) in [5, 5.41) is 0. The van der Waals surface area contributed by atoms with E-state index in [-0.39, 0.29) is 11.9 Å². The van der Waals surface area contributed by atoms with Gasteiger partial charge in [0.05, 0.1) is 6.61 Å².